The number of rotatable bonds is 14. The van der Waals surface area contributed by atoms with Crippen LogP contribution in [0.25, 0.3) is 6.08 Å². The number of carboxylic acids is 2. The van der Waals surface area contributed by atoms with Gasteiger partial charge in [0.25, 0.3) is 0 Å². The molecule has 3 rings (SSSR count). The number of ether oxygens (including phenoxy) is 1. The molecule has 1 unspecified atom stereocenters. The van der Waals surface area contributed by atoms with E-state index in [0.717, 1.165) is 48.1 Å². The van der Waals surface area contributed by atoms with E-state index >= 15 is 0 Å². The number of aliphatic carboxylic acids is 1. The summed E-state index contributed by atoms with van der Waals surface area (Å²) in [5.74, 6) is -0.723. The SMILES string of the molecule is CCc1ccc(COc2ccccc2C=CC(CCCCC(=O)O)Cc2ccc(C(=O)O)cc2)cc1. The third kappa shape index (κ3) is 8.73. The van der Waals surface area contributed by atoms with Gasteiger partial charge in [0.2, 0.25) is 0 Å². The molecule has 0 aromatic heterocycles. The fraction of sp³-hybridized carbons (Fsp3) is 0.290. The maximum Gasteiger partial charge on any atom is 0.335 e. The molecule has 0 amide bonds. The Hall–Kier alpha value is -3.86. The lowest BCUT2D eigenvalue weighted by atomic mass is 9.92. The molecule has 0 radical (unpaired) electrons. The number of aryl methyl sites for hydroxylation is 1. The van der Waals surface area contributed by atoms with Gasteiger partial charge in [0.05, 0.1) is 5.56 Å². The molecule has 0 saturated heterocycles. The summed E-state index contributed by atoms with van der Waals surface area (Å²) in [5.41, 5.74) is 4.72. The van der Waals surface area contributed by atoms with Crippen molar-refractivity contribution in [2.24, 2.45) is 5.92 Å². The van der Waals surface area contributed by atoms with Crippen LogP contribution in [-0.4, -0.2) is 22.2 Å². The van der Waals surface area contributed by atoms with E-state index in [9.17, 15) is 9.59 Å². The van der Waals surface area contributed by atoms with Gasteiger partial charge in [-0.3, -0.25) is 4.79 Å². The molecule has 0 aliphatic heterocycles. The summed E-state index contributed by atoms with van der Waals surface area (Å²) in [6, 6.07) is 23.3. The summed E-state index contributed by atoms with van der Waals surface area (Å²) >= 11 is 0. The first-order valence-electron chi connectivity index (χ1n) is 12.5. The maximum absolute atomic E-state index is 11.2. The lowest BCUT2D eigenvalue weighted by Gasteiger charge is -2.14. The molecular formula is C31H34O5. The van der Waals surface area contributed by atoms with Crippen LogP contribution in [0.4, 0.5) is 0 Å². The van der Waals surface area contributed by atoms with Crippen LogP contribution in [0, 0.1) is 5.92 Å². The first-order chi connectivity index (χ1) is 17.4. The Kier molecular flexibility index (Phi) is 10.3. The van der Waals surface area contributed by atoms with Crippen LogP contribution < -0.4 is 4.74 Å². The lowest BCUT2D eigenvalue weighted by Crippen LogP contribution is -2.04. The summed E-state index contributed by atoms with van der Waals surface area (Å²) in [7, 11) is 0. The first-order valence-corrected chi connectivity index (χ1v) is 12.5. The summed E-state index contributed by atoms with van der Waals surface area (Å²) in [6.45, 7) is 2.63. The highest BCUT2D eigenvalue weighted by molar-refractivity contribution is 5.87. The Morgan fingerprint density at radius 3 is 2.19 bits per heavy atom. The fourth-order valence-electron chi connectivity index (χ4n) is 4.06. The average molecular weight is 487 g/mol. The van der Waals surface area contributed by atoms with Crippen molar-refractivity contribution in [2.75, 3.05) is 0 Å². The molecule has 0 aliphatic carbocycles. The van der Waals surface area contributed by atoms with Crippen molar-refractivity contribution in [1.82, 2.24) is 0 Å². The van der Waals surface area contributed by atoms with Crippen molar-refractivity contribution in [3.05, 3.63) is 107 Å². The predicted octanol–water partition coefficient (Wildman–Crippen LogP) is 7.04. The second-order valence-electron chi connectivity index (χ2n) is 8.96. The minimum absolute atomic E-state index is 0.166. The zero-order valence-corrected chi connectivity index (χ0v) is 20.7. The number of allylic oxidation sites excluding steroid dienone is 1. The van der Waals surface area contributed by atoms with Gasteiger partial charge < -0.3 is 14.9 Å². The van der Waals surface area contributed by atoms with Crippen molar-refractivity contribution in [3.63, 3.8) is 0 Å². The Labute approximate surface area is 213 Å². The van der Waals surface area contributed by atoms with E-state index < -0.39 is 11.9 Å². The number of hydrogen-bond acceptors (Lipinski definition) is 3. The van der Waals surface area contributed by atoms with E-state index in [1.165, 1.54) is 5.56 Å². The third-order valence-electron chi connectivity index (χ3n) is 6.21. The quantitative estimate of drug-likeness (QED) is 0.239. The molecule has 0 fully saturated rings. The van der Waals surface area contributed by atoms with Crippen molar-refractivity contribution < 1.29 is 24.5 Å². The molecular weight excluding hydrogens is 452 g/mol. The van der Waals surface area contributed by atoms with Crippen LogP contribution in [0.3, 0.4) is 0 Å². The van der Waals surface area contributed by atoms with Crippen LogP contribution >= 0.6 is 0 Å². The highest BCUT2D eigenvalue weighted by Crippen LogP contribution is 2.24. The molecule has 3 aromatic carbocycles. The molecule has 0 aliphatic rings. The van der Waals surface area contributed by atoms with Crippen LogP contribution in [0.1, 0.15) is 65.2 Å². The Morgan fingerprint density at radius 1 is 0.861 bits per heavy atom. The van der Waals surface area contributed by atoms with Crippen LogP contribution in [0.2, 0.25) is 0 Å². The number of carboxylic acid groups (broad SMARTS) is 2. The molecule has 0 spiro atoms. The van der Waals surface area contributed by atoms with Crippen LogP contribution in [0.5, 0.6) is 5.75 Å². The van der Waals surface area contributed by atoms with E-state index in [2.05, 4.69) is 43.3 Å². The number of para-hydroxylation sites is 1. The van der Waals surface area contributed by atoms with Crippen molar-refractivity contribution in [3.8, 4) is 5.75 Å². The summed E-state index contributed by atoms with van der Waals surface area (Å²) in [6.07, 6.45) is 8.44. The molecule has 5 heteroatoms. The second kappa shape index (κ2) is 13.9. The van der Waals surface area contributed by atoms with Crippen LogP contribution in [0.15, 0.2) is 78.9 Å². The van der Waals surface area contributed by atoms with Gasteiger partial charge in [-0.1, -0.05) is 80.1 Å². The molecule has 188 valence electrons. The van der Waals surface area contributed by atoms with Gasteiger partial charge in [0.15, 0.2) is 0 Å². The van der Waals surface area contributed by atoms with Crippen molar-refractivity contribution in [2.45, 2.75) is 52.1 Å². The van der Waals surface area contributed by atoms with E-state index in [0.29, 0.717) is 13.0 Å². The Balaban J connectivity index is 1.70. The van der Waals surface area contributed by atoms with Gasteiger partial charge in [-0.2, -0.15) is 0 Å². The van der Waals surface area contributed by atoms with Crippen molar-refractivity contribution >= 4 is 18.0 Å². The van der Waals surface area contributed by atoms with E-state index in [1.807, 2.05) is 36.4 Å². The monoisotopic (exact) mass is 486 g/mol. The highest BCUT2D eigenvalue weighted by Gasteiger charge is 2.10. The number of hydrogen-bond donors (Lipinski definition) is 2. The average Bonchev–Trinajstić information content (AvgIpc) is 2.89. The zero-order valence-electron chi connectivity index (χ0n) is 20.7. The molecule has 0 saturated carbocycles. The molecule has 36 heavy (non-hydrogen) atoms. The number of carbonyl (C=O) groups is 2. The minimum atomic E-state index is -0.940. The van der Waals surface area contributed by atoms with Gasteiger partial charge in [-0.25, -0.2) is 4.79 Å². The summed E-state index contributed by atoms with van der Waals surface area (Å²) < 4.78 is 6.14. The van der Waals surface area contributed by atoms with E-state index in [1.54, 1.807) is 12.1 Å². The number of benzene rings is 3. The zero-order chi connectivity index (χ0) is 25.8. The van der Waals surface area contributed by atoms with E-state index in [4.69, 9.17) is 14.9 Å². The molecule has 5 nitrogen and oxygen atoms in total. The first kappa shape index (κ1) is 26.7. The van der Waals surface area contributed by atoms with Gasteiger partial charge in [0.1, 0.15) is 12.4 Å². The Morgan fingerprint density at radius 2 is 1.53 bits per heavy atom. The smallest absolute Gasteiger partial charge is 0.335 e. The second-order valence-corrected chi connectivity index (χ2v) is 8.96. The Bertz CT molecular complexity index is 1150. The fourth-order valence-corrected chi connectivity index (χ4v) is 4.06. The number of unbranched alkanes of at least 4 members (excludes halogenated alkanes) is 1. The van der Waals surface area contributed by atoms with Crippen molar-refractivity contribution in [1.29, 1.82) is 0 Å². The topological polar surface area (TPSA) is 83.8 Å². The lowest BCUT2D eigenvalue weighted by molar-refractivity contribution is -0.137. The minimum Gasteiger partial charge on any atom is -0.488 e. The van der Waals surface area contributed by atoms with Gasteiger partial charge in [-0.05, 0) is 66.5 Å². The molecule has 1 atom stereocenters. The summed E-state index contributed by atoms with van der Waals surface area (Å²) in [5, 5.41) is 18.1. The predicted molar refractivity (Wildman–Crippen MR) is 142 cm³/mol. The van der Waals surface area contributed by atoms with E-state index in [-0.39, 0.29) is 17.9 Å². The third-order valence-corrected chi connectivity index (χ3v) is 6.21. The standard InChI is InChI=1S/C31H34O5/c1-2-23-11-13-26(14-12-23)22-36-29-9-5-4-8-27(29)18-15-24(7-3-6-10-30(32)33)21-25-16-19-28(20-17-25)31(34)35/h4-5,8-9,11-20,24H,2-3,6-7,10,21-22H2,1H3,(H,32,33)(H,34,35). The van der Waals surface area contributed by atoms with Gasteiger partial charge in [-0.15, -0.1) is 0 Å². The normalized spacial score (nSPS) is 11.9. The maximum atomic E-state index is 11.2. The van der Waals surface area contributed by atoms with Gasteiger partial charge >= 0.3 is 11.9 Å². The van der Waals surface area contributed by atoms with Crippen LogP contribution in [-0.2, 0) is 24.2 Å². The molecule has 2 N–H and O–H groups in total. The molecule has 0 heterocycles. The summed E-state index contributed by atoms with van der Waals surface area (Å²) in [4.78, 5) is 22.0. The molecule has 0 bridgehead atoms. The largest absolute Gasteiger partial charge is 0.488 e. The van der Waals surface area contributed by atoms with Gasteiger partial charge in [0, 0.05) is 12.0 Å². The molecule has 3 aromatic rings. The number of aromatic carboxylic acids is 1. The highest BCUT2D eigenvalue weighted by atomic mass is 16.5.